The summed E-state index contributed by atoms with van der Waals surface area (Å²) in [5.41, 5.74) is 2.64. The average Bonchev–Trinajstić information content (AvgIpc) is 2.57. The van der Waals surface area contributed by atoms with Crippen LogP contribution in [0.1, 0.15) is 37.3 Å². The second-order valence-corrected chi connectivity index (χ2v) is 5.68. The lowest BCUT2D eigenvalue weighted by Gasteiger charge is -2.31. The molecule has 0 saturated heterocycles. The lowest BCUT2D eigenvalue weighted by molar-refractivity contribution is -0.108. The van der Waals surface area contributed by atoms with Crippen LogP contribution >= 0.6 is 0 Å². The van der Waals surface area contributed by atoms with Crippen molar-refractivity contribution in [3.05, 3.63) is 71.8 Å². The van der Waals surface area contributed by atoms with Crippen LogP contribution in [-0.4, -0.2) is 17.2 Å². The molecule has 0 heterocycles. The van der Waals surface area contributed by atoms with Gasteiger partial charge in [0.25, 0.3) is 0 Å². The van der Waals surface area contributed by atoms with E-state index >= 15 is 0 Å². The van der Waals surface area contributed by atoms with E-state index in [1.165, 1.54) is 11.1 Å². The van der Waals surface area contributed by atoms with Gasteiger partial charge in [0.15, 0.2) is 0 Å². The molecule has 2 nitrogen and oxygen atoms in total. The smallest absolute Gasteiger partial charge is 0.120 e. The lowest BCUT2D eigenvalue weighted by Crippen LogP contribution is -2.34. The molecule has 2 aromatic rings. The van der Waals surface area contributed by atoms with Crippen molar-refractivity contribution in [3.8, 4) is 0 Å². The van der Waals surface area contributed by atoms with Gasteiger partial charge in [-0.1, -0.05) is 67.6 Å². The molecule has 0 amide bonds. The van der Waals surface area contributed by atoms with Crippen molar-refractivity contribution < 1.29 is 4.79 Å². The second kappa shape index (κ2) is 9.16. The van der Waals surface area contributed by atoms with Gasteiger partial charge in [-0.05, 0) is 24.0 Å². The molecule has 0 fully saturated rings. The Balaban J connectivity index is 2.13. The summed E-state index contributed by atoms with van der Waals surface area (Å²) in [5.74, 6) is 0. The third-order valence-corrected chi connectivity index (χ3v) is 4.06. The number of carbonyl (C=O) groups excluding carboxylic acids is 1. The van der Waals surface area contributed by atoms with Gasteiger partial charge in [0.2, 0.25) is 0 Å². The van der Waals surface area contributed by atoms with Crippen LogP contribution in [0.3, 0.4) is 0 Å². The summed E-state index contributed by atoms with van der Waals surface area (Å²) < 4.78 is 0. The number of benzene rings is 2. The highest BCUT2D eigenvalue weighted by molar-refractivity contribution is 5.49. The molecule has 0 aliphatic carbocycles. The highest BCUT2D eigenvalue weighted by atomic mass is 16.1. The molecule has 2 rings (SSSR count). The van der Waals surface area contributed by atoms with Gasteiger partial charge in [-0.15, -0.1) is 0 Å². The fraction of sp³-hybridized carbons (Fsp3) is 0.350. The minimum Gasteiger partial charge on any atom is -0.303 e. The zero-order valence-electron chi connectivity index (χ0n) is 13.3. The van der Waals surface area contributed by atoms with Crippen molar-refractivity contribution in [2.45, 2.75) is 45.3 Å². The average molecular weight is 295 g/mol. The van der Waals surface area contributed by atoms with Gasteiger partial charge in [-0.3, -0.25) is 4.90 Å². The standard InChI is InChI=1S/C20H25NO/c1-2-20(14-9-15-22)21(16-18-10-5-3-6-11-18)17-19-12-7-4-8-13-19/h3-8,10-13,15,20H,2,9,14,16-17H2,1H3/t20-/m1/s1. The van der Waals surface area contributed by atoms with E-state index in [4.69, 9.17) is 0 Å². The molecule has 2 heteroatoms. The Bertz CT molecular complexity index is 497. The molecule has 0 N–H and O–H groups in total. The Hall–Kier alpha value is -1.93. The van der Waals surface area contributed by atoms with Gasteiger partial charge in [0.1, 0.15) is 6.29 Å². The number of rotatable bonds is 9. The van der Waals surface area contributed by atoms with Crippen LogP contribution in [0, 0.1) is 0 Å². The predicted molar refractivity (Wildman–Crippen MR) is 91.5 cm³/mol. The molecule has 0 spiro atoms. The number of aldehydes is 1. The summed E-state index contributed by atoms with van der Waals surface area (Å²) in [5, 5.41) is 0. The molecule has 0 unspecified atom stereocenters. The first-order chi connectivity index (χ1) is 10.8. The fourth-order valence-electron chi connectivity index (χ4n) is 2.86. The molecular weight excluding hydrogens is 270 g/mol. The van der Waals surface area contributed by atoms with Crippen LogP contribution in [0.5, 0.6) is 0 Å². The maximum absolute atomic E-state index is 10.7. The topological polar surface area (TPSA) is 20.3 Å². The van der Waals surface area contributed by atoms with Crippen LogP contribution in [-0.2, 0) is 17.9 Å². The Morgan fingerprint density at radius 1 is 0.909 bits per heavy atom. The summed E-state index contributed by atoms with van der Waals surface area (Å²) in [6.45, 7) is 4.05. The molecule has 0 aromatic heterocycles. The zero-order valence-corrected chi connectivity index (χ0v) is 13.3. The normalized spacial score (nSPS) is 12.3. The Morgan fingerprint density at radius 3 is 1.82 bits per heavy atom. The lowest BCUT2D eigenvalue weighted by atomic mass is 10.0. The molecule has 22 heavy (non-hydrogen) atoms. The van der Waals surface area contributed by atoms with Crippen LogP contribution in [0.4, 0.5) is 0 Å². The molecule has 0 bridgehead atoms. The van der Waals surface area contributed by atoms with Crippen molar-refractivity contribution in [1.82, 2.24) is 4.90 Å². The van der Waals surface area contributed by atoms with E-state index in [-0.39, 0.29) is 0 Å². The molecule has 1 atom stereocenters. The fourth-order valence-corrected chi connectivity index (χ4v) is 2.86. The van der Waals surface area contributed by atoms with E-state index in [9.17, 15) is 4.79 Å². The first-order valence-electron chi connectivity index (χ1n) is 8.09. The summed E-state index contributed by atoms with van der Waals surface area (Å²) in [6.07, 6.45) is 3.66. The van der Waals surface area contributed by atoms with E-state index in [1.807, 2.05) is 0 Å². The number of nitrogens with zero attached hydrogens (tertiary/aromatic N) is 1. The first kappa shape index (κ1) is 16.4. The summed E-state index contributed by atoms with van der Waals surface area (Å²) in [7, 11) is 0. The monoisotopic (exact) mass is 295 g/mol. The van der Waals surface area contributed by atoms with Crippen LogP contribution in [0.15, 0.2) is 60.7 Å². The third kappa shape index (κ3) is 5.12. The zero-order chi connectivity index (χ0) is 15.6. The molecule has 116 valence electrons. The Labute approximate surface area is 133 Å². The number of carbonyl (C=O) groups is 1. The number of hydrogen-bond acceptors (Lipinski definition) is 2. The molecule has 0 aliphatic rings. The van der Waals surface area contributed by atoms with Crippen LogP contribution in [0.2, 0.25) is 0 Å². The van der Waals surface area contributed by atoms with Crippen LogP contribution in [0.25, 0.3) is 0 Å². The van der Waals surface area contributed by atoms with Crippen molar-refractivity contribution >= 4 is 6.29 Å². The highest BCUT2D eigenvalue weighted by Crippen LogP contribution is 2.18. The molecule has 2 aromatic carbocycles. The van der Waals surface area contributed by atoms with E-state index in [0.717, 1.165) is 32.2 Å². The minimum absolute atomic E-state index is 0.436. The minimum atomic E-state index is 0.436. The van der Waals surface area contributed by atoms with Gasteiger partial charge >= 0.3 is 0 Å². The van der Waals surface area contributed by atoms with Gasteiger partial charge in [-0.2, -0.15) is 0 Å². The van der Waals surface area contributed by atoms with Gasteiger partial charge < -0.3 is 4.79 Å². The SMILES string of the molecule is CC[C@H](CCC=O)N(Cc1ccccc1)Cc1ccccc1. The van der Waals surface area contributed by atoms with E-state index in [1.54, 1.807) is 0 Å². The third-order valence-electron chi connectivity index (χ3n) is 4.06. The van der Waals surface area contributed by atoms with Gasteiger partial charge in [-0.25, -0.2) is 0 Å². The van der Waals surface area contributed by atoms with E-state index in [0.29, 0.717) is 12.5 Å². The van der Waals surface area contributed by atoms with Gasteiger partial charge in [0.05, 0.1) is 0 Å². The summed E-state index contributed by atoms with van der Waals surface area (Å²) in [6, 6.07) is 21.6. The summed E-state index contributed by atoms with van der Waals surface area (Å²) in [4.78, 5) is 13.2. The summed E-state index contributed by atoms with van der Waals surface area (Å²) >= 11 is 0. The Kier molecular flexibility index (Phi) is 6.85. The molecule has 0 saturated carbocycles. The first-order valence-corrected chi connectivity index (χ1v) is 8.09. The van der Waals surface area contributed by atoms with Crippen molar-refractivity contribution in [3.63, 3.8) is 0 Å². The molecule has 0 radical (unpaired) electrons. The maximum Gasteiger partial charge on any atom is 0.120 e. The van der Waals surface area contributed by atoms with Crippen LogP contribution < -0.4 is 0 Å². The van der Waals surface area contributed by atoms with Crippen molar-refractivity contribution in [1.29, 1.82) is 0 Å². The van der Waals surface area contributed by atoms with E-state index < -0.39 is 0 Å². The maximum atomic E-state index is 10.7. The predicted octanol–water partition coefficient (Wildman–Crippen LogP) is 4.45. The van der Waals surface area contributed by atoms with Gasteiger partial charge in [0, 0.05) is 25.6 Å². The quantitative estimate of drug-likeness (QED) is 0.637. The highest BCUT2D eigenvalue weighted by Gasteiger charge is 2.17. The second-order valence-electron chi connectivity index (χ2n) is 5.68. The van der Waals surface area contributed by atoms with Crippen molar-refractivity contribution in [2.24, 2.45) is 0 Å². The largest absolute Gasteiger partial charge is 0.303 e. The number of hydrogen-bond donors (Lipinski definition) is 0. The molecular formula is C20H25NO. The van der Waals surface area contributed by atoms with E-state index in [2.05, 4.69) is 72.5 Å². The molecule has 0 aliphatic heterocycles. The van der Waals surface area contributed by atoms with Crippen molar-refractivity contribution in [2.75, 3.05) is 0 Å². The Morgan fingerprint density at radius 2 is 1.41 bits per heavy atom.